The molecule has 2 aromatic heterocycles. The van der Waals surface area contributed by atoms with Crippen LogP contribution in [0.1, 0.15) is 11.3 Å². The largest absolute Gasteiger partial charge is 0.431 e. The number of hydrogen-bond acceptors (Lipinski definition) is 7. The van der Waals surface area contributed by atoms with Crippen molar-refractivity contribution in [3.05, 3.63) is 84.6 Å². The second kappa shape index (κ2) is 12.0. The fraction of sp³-hybridized carbons (Fsp3) is 0.167. The molecule has 0 radical (unpaired) electrons. The lowest BCUT2D eigenvalue weighted by Crippen LogP contribution is -2.47. The minimum Gasteiger partial charge on any atom is -0.431 e. The molecule has 3 N–H and O–H groups in total. The lowest BCUT2D eigenvalue weighted by Gasteiger charge is -2.19. The van der Waals surface area contributed by atoms with E-state index in [1.54, 1.807) is 36.7 Å². The van der Waals surface area contributed by atoms with E-state index in [0.717, 1.165) is 10.3 Å². The van der Waals surface area contributed by atoms with Crippen molar-refractivity contribution >= 4 is 41.5 Å². The van der Waals surface area contributed by atoms with Gasteiger partial charge in [0.25, 0.3) is 5.19 Å². The van der Waals surface area contributed by atoms with Crippen molar-refractivity contribution in [2.24, 2.45) is 0 Å². The smallest absolute Gasteiger partial charge is 0.278 e. The Hall–Kier alpha value is -3.96. The summed E-state index contributed by atoms with van der Waals surface area (Å²) in [4.78, 5) is 36.6. The van der Waals surface area contributed by atoms with Crippen LogP contribution >= 0.6 is 11.3 Å². The fourth-order valence-electron chi connectivity index (χ4n) is 3.17. The van der Waals surface area contributed by atoms with Crippen LogP contribution in [0.5, 0.6) is 10.9 Å². The number of ether oxygens (including phenoxy) is 2. The molecule has 0 fully saturated rings. The first kappa shape index (κ1) is 24.2. The molecule has 0 saturated heterocycles. The van der Waals surface area contributed by atoms with Gasteiger partial charge in [0.1, 0.15) is 11.8 Å². The molecule has 4 aromatic rings. The Labute approximate surface area is 207 Å². The predicted octanol–water partition coefficient (Wildman–Crippen LogP) is 1.80. The lowest BCUT2D eigenvalue weighted by molar-refractivity contribution is -0.127. The molecule has 0 unspecified atom stereocenters. The molecule has 1 atom stereocenters. The number of anilines is 1. The number of benzene rings is 2. The van der Waals surface area contributed by atoms with Crippen molar-refractivity contribution < 1.29 is 19.1 Å². The van der Waals surface area contributed by atoms with Gasteiger partial charge in [-0.05, 0) is 34.6 Å². The van der Waals surface area contributed by atoms with E-state index in [1.807, 2.05) is 38.2 Å². The number of hydrogen-bond donors (Lipinski definition) is 3. The molecule has 0 bridgehead atoms. The third-order valence-electron chi connectivity index (χ3n) is 4.87. The summed E-state index contributed by atoms with van der Waals surface area (Å²) in [5.74, 6) is -0.117. The second-order valence-electron chi connectivity index (χ2n) is 7.71. The maximum Gasteiger partial charge on any atom is 0.278 e. The van der Waals surface area contributed by atoms with E-state index in [0.29, 0.717) is 28.9 Å². The second-order valence-corrected chi connectivity index (χ2v) is 8.91. The Balaban J connectivity index is 1.36. The molecule has 0 aliphatic rings. The Bertz CT molecular complexity index is 1230. The van der Waals surface area contributed by atoms with E-state index in [1.165, 1.54) is 17.7 Å². The fourth-order valence-corrected chi connectivity index (χ4v) is 3.79. The Morgan fingerprint density at radius 1 is 1.09 bits per heavy atom. The van der Waals surface area contributed by atoms with E-state index < -0.39 is 11.9 Å². The first-order valence-corrected chi connectivity index (χ1v) is 11.8. The average molecular weight is 489 g/mol. The number of amides is 2. The zero-order valence-electron chi connectivity index (χ0n) is 19.1. The minimum absolute atomic E-state index is 0.0115. The van der Waals surface area contributed by atoms with Crippen molar-refractivity contribution in [3.63, 3.8) is 0 Å². The zero-order chi connectivity index (χ0) is 24.5. The van der Waals surface area contributed by atoms with Gasteiger partial charge in [0.2, 0.25) is 11.8 Å². The highest BCUT2D eigenvalue weighted by Gasteiger charge is 2.22. The van der Waals surface area contributed by atoms with Gasteiger partial charge in [0.05, 0.1) is 31.7 Å². The third kappa shape index (κ3) is 7.52. The van der Waals surface area contributed by atoms with Gasteiger partial charge in [-0.25, -0.2) is 9.97 Å². The molecule has 4 rings (SSSR count). The normalized spacial score (nSPS) is 11.5. The first-order chi connectivity index (χ1) is 17.0. The number of H-pyrrole nitrogens is 1. The summed E-state index contributed by atoms with van der Waals surface area (Å²) in [6, 6.07) is 15.6. The molecule has 9 nitrogen and oxygen atoms in total. The number of carbonyl (C=O) groups is 2. The van der Waals surface area contributed by atoms with Gasteiger partial charge in [0, 0.05) is 18.1 Å². The standard InChI is InChI=1S/C24H24BN5O4S/c25-21-12-27-24(35-21)34-19-8-6-17(7-9-19)29-23(32)20(14-33-13-16-4-2-1-3-5-16)30-22(31)10-18-11-26-15-28-18/h1-9,11-12,15,20H,10,13-14,25H2,(H,26,28)(H,29,32)(H,30,31)/t20-/m0/s1. The van der Waals surface area contributed by atoms with Crippen LogP contribution in [-0.2, 0) is 27.4 Å². The Morgan fingerprint density at radius 3 is 2.57 bits per heavy atom. The molecule has 0 saturated carbocycles. The van der Waals surface area contributed by atoms with Crippen molar-refractivity contribution in [1.29, 1.82) is 0 Å². The van der Waals surface area contributed by atoms with Gasteiger partial charge in [-0.3, -0.25) is 9.59 Å². The van der Waals surface area contributed by atoms with Crippen LogP contribution in [0.4, 0.5) is 5.69 Å². The molecular formula is C24H24BN5O4S. The molecule has 2 amide bonds. The predicted molar refractivity (Wildman–Crippen MR) is 136 cm³/mol. The number of nitrogens with one attached hydrogen (secondary N) is 3. The number of imidazole rings is 1. The van der Waals surface area contributed by atoms with E-state index in [-0.39, 0.29) is 18.9 Å². The van der Waals surface area contributed by atoms with E-state index >= 15 is 0 Å². The van der Waals surface area contributed by atoms with Crippen molar-refractivity contribution in [3.8, 4) is 10.9 Å². The van der Waals surface area contributed by atoms with Gasteiger partial charge in [-0.2, -0.15) is 0 Å². The maximum atomic E-state index is 13.0. The van der Waals surface area contributed by atoms with Crippen LogP contribution in [0.2, 0.25) is 0 Å². The molecule has 0 spiro atoms. The number of aromatic amines is 1. The summed E-state index contributed by atoms with van der Waals surface area (Å²) < 4.78 is 12.5. The highest BCUT2D eigenvalue weighted by molar-refractivity contribution is 7.21. The Morgan fingerprint density at radius 2 is 1.89 bits per heavy atom. The molecule has 0 aliphatic carbocycles. The van der Waals surface area contributed by atoms with Crippen molar-refractivity contribution in [2.45, 2.75) is 19.1 Å². The monoisotopic (exact) mass is 489 g/mol. The molecule has 0 aliphatic heterocycles. The summed E-state index contributed by atoms with van der Waals surface area (Å²) in [5, 5.41) is 6.12. The van der Waals surface area contributed by atoms with Crippen molar-refractivity contribution in [2.75, 3.05) is 11.9 Å². The van der Waals surface area contributed by atoms with Gasteiger partial charge >= 0.3 is 0 Å². The van der Waals surface area contributed by atoms with Crippen LogP contribution in [0.15, 0.2) is 73.3 Å². The van der Waals surface area contributed by atoms with Gasteiger partial charge in [-0.1, -0.05) is 41.7 Å². The number of aromatic nitrogens is 3. The summed E-state index contributed by atoms with van der Waals surface area (Å²) in [7, 11) is 1.96. The highest BCUT2D eigenvalue weighted by atomic mass is 32.1. The van der Waals surface area contributed by atoms with Crippen LogP contribution in [-0.4, -0.2) is 47.3 Å². The van der Waals surface area contributed by atoms with Gasteiger partial charge in [-0.15, -0.1) is 0 Å². The topological polar surface area (TPSA) is 118 Å². The van der Waals surface area contributed by atoms with Crippen LogP contribution in [0.3, 0.4) is 0 Å². The maximum absolute atomic E-state index is 13.0. The molecular weight excluding hydrogens is 465 g/mol. The molecule has 2 heterocycles. The summed E-state index contributed by atoms with van der Waals surface area (Å²) >= 11 is 1.45. The molecule has 178 valence electrons. The highest BCUT2D eigenvalue weighted by Crippen LogP contribution is 2.23. The Kier molecular flexibility index (Phi) is 8.26. The van der Waals surface area contributed by atoms with Gasteiger partial charge in [0.15, 0.2) is 7.85 Å². The van der Waals surface area contributed by atoms with E-state index in [4.69, 9.17) is 9.47 Å². The quantitative estimate of drug-likeness (QED) is 0.277. The lowest BCUT2D eigenvalue weighted by atomic mass is 10.1. The first-order valence-electron chi connectivity index (χ1n) is 10.9. The van der Waals surface area contributed by atoms with E-state index in [9.17, 15) is 9.59 Å². The van der Waals surface area contributed by atoms with E-state index in [2.05, 4.69) is 25.6 Å². The van der Waals surface area contributed by atoms with Crippen LogP contribution in [0, 0.1) is 0 Å². The third-order valence-corrected chi connectivity index (χ3v) is 5.66. The van der Waals surface area contributed by atoms with Crippen molar-refractivity contribution in [1.82, 2.24) is 20.3 Å². The minimum atomic E-state index is -0.889. The summed E-state index contributed by atoms with van der Waals surface area (Å²) in [5.41, 5.74) is 2.12. The zero-order valence-corrected chi connectivity index (χ0v) is 19.9. The molecule has 11 heteroatoms. The summed E-state index contributed by atoms with van der Waals surface area (Å²) in [6.07, 6.45) is 4.93. The molecule has 2 aromatic carbocycles. The number of rotatable bonds is 11. The number of thiazole rings is 1. The number of carbonyl (C=O) groups excluding carboxylic acids is 2. The number of nitrogens with zero attached hydrogens (tertiary/aromatic N) is 2. The van der Waals surface area contributed by atoms with Crippen LogP contribution < -0.4 is 20.1 Å². The SMILES string of the molecule is Bc1cnc(Oc2ccc(NC(=O)[C@H](COCc3ccccc3)NC(=O)Cc3c[nH]cn3)cc2)s1. The van der Waals surface area contributed by atoms with Gasteiger partial charge < -0.3 is 25.1 Å². The average Bonchev–Trinajstić information content (AvgIpc) is 3.52. The van der Waals surface area contributed by atoms with Crippen LogP contribution in [0.25, 0.3) is 0 Å². The summed E-state index contributed by atoms with van der Waals surface area (Å²) in [6.45, 7) is 0.333. The molecule has 35 heavy (non-hydrogen) atoms.